The van der Waals surface area contributed by atoms with E-state index in [1.165, 1.54) is 0 Å². The van der Waals surface area contributed by atoms with Crippen LogP contribution < -0.4 is 19.6 Å². The largest absolute Gasteiger partial charge is 0.311 e. The fourth-order valence-corrected chi connectivity index (χ4v) is 9.31. The molecule has 0 bridgehead atoms. The van der Waals surface area contributed by atoms with Gasteiger partial charge in [0.15, 0.2) is 0 Å². The summed E-state index contributed by atoms with van der Waals surface area (Å²) in [5, 5.41) is 1.73. The van der Waals surface area contributed by atoms with E-state index in [9.17, 15) is 0 Å². The molecule has 3 aromatic heterocycles. The maximum Gasteiger partial charge on any atom is 0.138 e. The van der Waals surface area contributed by atoms with E-state index in [1.807, 2.05) is 36.4 Å². The van der Waals surface area contributed by atoms with Crippen LogP contribution in [0.3, 0.4) is 0 Å². The van der Waals surface area contributed by atoms with E-state index >= 15 is 0 Å². The summed E-state index contributed by atoms with van der Waals surface area (Å²) in [7, 11) is 0. The van der Waals surface area contributed by atoms with Crippen LogP contribution in [0.1, 0.15) is 0 Å². The first kappa shape index (κ1) is 41.7. The maximum absolute atomic E-state index is 5.56. The lowest BCUT2D eigenvalue weighted by atomic mass is 10.1. The highest BCUT2D eigenvalue weighted by atomic mass is 15.2. The van der Waals surface area contributed by atoms with Crippen molar-refractivity contribution >= 4 is 101 Å². The van der Waals surface area contributed by atoms with Crippen LogP contribution in [0.15, 0.2) is 267 Å². The third-order valence-corrected chi connectivity index (χ3v) is 12.5. The van der Waals surface area contributed by atoms with Crippen molar-refractivity contribution in [2.24, 2.45) is 0 Å². The summed E-state index contributed by atoms with van der Waals surface area (Å²) >= 11 is 0. The second-order valence-corrected chi connectivity index (χ2v) is 16.8. The van der Waals surface area contributed by atoms with Gasteiger partial charge in [0.25, 0.3) is 0 Å². The molecule has 0 N–H and O–H groups in total. The van der Waals surface area contributed by atoms with Gasteiger partial charge in [-0.05, 0) is 146 Å². The Kier molecular flexibility index (Phi) is 11.1. The van der Waals surface area contributed by atoms with E-state index < -0.39 is 0 Å². The van der Waals surface area contributed by atoms with Gasteiger partial charge >= 0.3 is 0 Å². The molecular weight excluding hydrogens is 857 g/mol. The Morgan fingerprint density at radius 1 is 0.200 bits per heavy atom. The number of aromatic nitrogens is 4. The van der Waals surface area contributed by atoms with Gasteiger partial charge in [0.05, 0.1) is 11.0 Å². The number of rotatable bonds is 12. The third kappa shape index (κ3) is 7.95. The standard InChI is InChI=1S/C62H44N8/c1-7-19-45(20-8-1)67(46-21-9-2-10-22-46)51-31-35-53(36-32-51)69(49-27-15-5-16-28-49)57-41-39-55-59-60(64-44-43-63-59)56-40-42-58(66-62(56)61(55)65-57)70(50-29-17-6-18-30-50)54-37-33-52(34-38-54)68(47-23-11-3-12-24-47)48-25-13-4-14-26-48/h1-44H. The molecule has 3 heterocycles. The second-order valence-electron chi connectivity index (χ2n) is 16.8. The minimum Gasteiger partial charge on any atom is -0.311 e. The summed E-state index contributed by atoms with van der Waals surface area (Å²) in [6.45, 7) is 0. The molecule has 0 saturated heterocycles. The van der Waals surface area contributed by atoms with Gasteiger partial charge in [0.1, 0.15) is 22.7 Å². The fraction of sp³-hybridized carbons (Fsp3) is 0. The molecule has 70 heavy (non-hydrogen) atoms. The molecule has 12 rings (SSSR count). The molecule has 9 aromatic carbocycles. The van der Waals surface area contributed by atoms with E-state index in [4.69, 9.17) is 19.9 Å². The van der Waals surface area contributed by atoms with Gasteiger partial charge in [-0.3, -0.25) is 19.8 Å². The van der Waals surface area contributed by atoms with E-state index in [2.05, 4.69) is 238 Å². The minimum atomic E-state index is 0.726. The number of pyridine rings is 2. The molecule has 0 aliphatic rings. The van der Waals surface area contributed by atoms with Gasteiger partial charge < -0.3 is 9.80 Å². The molecular formula is C62H44N8. The molecule has 12 aromatic rings. The van der Waals surface area contributed by atoms with Crippen LogP contribution in [-0.4, -0.2) is 19.9 Å². The van der Waals surface area contributed by atoms with Crippen molar-refractivity contribution in [3.05, 3.63) is 267 Å². The summed E-state index contributed by atoms with van der Waals surface area (Å²) in [5.41, 5.74) is 13.2. The fourth-order valence-electron chi connectivity index (χ4n) is 9.31. The zero-order valence-corrected chi connectivity index (χ0v) is 38.0. The number of hydrogen-bond donors (Lipinski definition) is 0. The Balaban J connectivity index is 0.995. The first-order valence-corrected chi connectivity index (χ1v) is 23.3. The maximum atomic E-state index is 5.56. The average molecular weight is 901 g/mol. The SMILES string of the molecule is c1ccc(N(c2ccccc2)c2ccc(N(c3ccccc3)c3ccc4c5nccnc5c5ccc(N(c6ccccc6)c6ccc(N(c7ccccc7)c7ccccc7)cc6)nc5c4n3)cc2)cc1. The van der Waals surface area contributed by atoms with E-state index in [0.717, 1.165) is 101 Å². The topological polar surface area (TPSA) is 64.5 Å². The van der Waals surface area contributed by atoms with Gasteiger partial charge in [-0.15, -0.1) is 0 Å². The molecule has 0 spiro atoms. The average Bonchev–Trinajstić information content (AvgIpc) is 3.44. The van der Waals surface area contributed by atoms with Crippen molar-refractivity contribution in [2.45, 2.75) is 0 Å². The number of hydrogen-bond acceptors (Lipinski definition) is 8. The normalized spacial score (nSPS) is 11.1. The summed E-state index contributed by atoms with van der Waals surface area (Å²) < 4.78 is 0. The van der Waals surface area contributed by atoms with E-state index in [0.29, 0.717) is 0 Å². The Bertz CT molecular complexity index is 3370. The molecule has 0 radical (unpaired) electrons. The van der Waals surface area contributed by atoms with Crippen LogP contribution in [0.2, 0.25) is 0 Å². The molecule has 0 amide bonds. The number of nitrogens with zero attached hydrogens (tertiary/aromatic N) is 8. The summed E-state index contributed by atoms with van der Waals surface area (Å²) in [6.07, 6.45) is 3.49. The Morgan fingerprint density at radius 3 is 0.700 bits per heavy atom. The molecule has 8 nitrogen and oxygen atoms in total. The van der Waals surface area contributed by atoms with Gasteiger partial charge in [-0.1, -0.05) is 109 Å². The van der Waals surface area contributed by atoms with Crippen molar-refractivity contribution in [2.75, 3.05) is 19.6 Å². The Hall–Kier alpha value is -9.66. The molecule has 0 saturated carbocycles. The minimum absolute atomic E-state index is 0.726. The smallest absolute Gasteiger partial charge is 0.138 e. The van der Waals surface area contributed by atoms with Crippen LogP contribution in [0, 0.1) is 0 Å². The number of anilines is 12. The zero-order chi connectivity index (χ0) is 46.6. The number of para-hydroxylation sites is 6. The molecule has 8 heteroatoms. The van der Waals surface area contributed by atoms with Crippen molar-refractivity contribution < 1.29 is 0 Å². The summed E-state index contributed by atoms with van der Waals surface area (Å²) in [6, 6.07) is 88.3. The highest BCUT2D eigenvalue weighted by Crippen LogP contribution is 2.43. The lowest BCUT2D eigenvalue weighted by Crippen LogP contribution is -2.14. The molecule has 0 unspecified atom stereocenters. The number of benzene rings is 9. The third-order valence-electron chi connectivity index (χ3n) is 12.5. The van der Waals surface area contributed by atoms with E-state index in [1.54, 1.807) is 12.4 Å². The van der Waals surface area contributed by atoms with Crippen molar-refractivity contribution in [3.63, 3.8) is 0 Å². The zero-order valence-electron chi connectivity index (χ0n) is 38.0. The monoisotopic (exact) mass is 900 g/mol. The first-order valence-electron chi connectivity index (χ1n) is 23.3. The Morgan fingerprint density at radius 2 is 0.429 bits per heavy atom. The van der Waals surface area contributed by atoms with Crippen molar-refractivity contribution in [1.29, 1.82) is 0 Å². The predicted molar refractivity (Wildman–Crippen MR) is 289 cm³/mol. The lowest BCUT2D eigenvalue weighted by Gasteiger charge is -2.28. The van der Waals surface area contributed by atoms with Crippen LogP contribution >= 0.6 is 0 Å². The molecule has 0 fully saturated rings. The summed E-state index contributed by atoms with van der Waals surface area (Å²) in [4.78, 5) is 29.8. The highest BCUT2D eigenvalue weighted by molar-refractivity contribution is 6.21. The van der Waals surface area contributed by atoms with Gasteiger partial charge in [0.2, 0.25) is 0 Å². The van der Waals surface area contributed by atoms with Crippen molar-refractivity contribution in [3.8, 4) is 0 Å². The molecule has 0 aliphatic heterocycles. The van der Waals surface area contributed by atoms with Gasteiger partial charge in [0, 0.05) is 80.0 Å². The summed E-state index contributed by atoms with van der Waals surface area (Å²) in [5.74, 6) is 1.48. The lowest BCUT2D eigenvalue weighted by molar-refractivity contribution is 1.19. The quantitative estimate of drug-likeness (QED) is 0.112. The van der Waals surface area contributed by atoms with Crippen LogP contribution in [0.4, 0.5) is 68.5 Å². The van der Waals surface area contributed by atoms with Crippen LogP contribution in [0.25, 0.3) is 32.8 Å². The molecule has 332 valence electrons. The highest BCUT2D eigenvalue weighted by Gasteiger charge is 2.22. The first-order chi connectivity index (χ1) is 34.7. The van der Waals surface area contributed by atoms with Crippen LogP contribution in [0.5, 0.6) is 0 Å². The van der Waals surface area contributed by atoms with Gasteiger partial charge in [-0.2, -0.15) is 0 Å². The Labute approximate surface area is 406 Å². The molecule has 0 aliphatic carbocycles. The predicted octanol–water partition coefficient (Wildman–Crippen LogP) is 16.6. The molecule has 0 atom stereocenters. The number of fused-ring (bicyclic) bond motifs is 6. The van der Waals surface area contributed by atoms with Gasteiger partial charge in [-0.25, -0.2) is 9.97 Å². The second kappa shape index (κ2) is 18.6. The van der Waals surface area contributed by atoms with Crippen molar-refractivity contribution in [1.82, 2.24) is 19.9 Å². The van der Waals surface area contributed by atoms with E-state index in [-0.39, 0.29) is 0 Å². The van der Waals surface area contributed by atoms with Crippen LogP contribution in [-0.2, 0) is 0 Å².